The van der Waals surface area contributed by atoms with Gasteiger partial charge < -0.3 is 14.5 Å². The molecule has 4 nitrogen and oxygen atoms in total. The molecule has 0 bridgehead atoms. The molecule has 3 aromatic rings. The zero-order valence-electron chi connectivity index (χ0n) is 16.1. The number of amides is 1. The van der Waals surface area contributed by atoms with Crippen molar-refractivity contribution in [1.82, 2.24) is 4.90 Å². The predicted octanol–water partition coefficient (Wildman–Crippen LogP) is 4.88. The van der Waals surface area contributed by atoms with Crippen LogP contribution in [0.4, 0.5) is 5.69 Å². The number of rotatable bonds is 5. The number of carbonyl (C=O) groups is 1. The summed E-state index contributed by atoms with van der Waals surface area (Å²) in [5.74, 6) is 0.637. The summed E-state index contributed by atoms with van der Waals surface area (Å²) in [5, 5.41) is 0.727. The zero-order chi connectivity index (χ0) is 20.1. The van der Waals surface area contributed by atoms with E-state index < -0.39 is 0 Å². The summed E-state index contributed by atoms with van der Waals surface area (Å²) in [6.45, 7) is 3.32. The molecule has 1 aliphatic heterocycles. The van der Waals surface area contributed by atoms with Crippen LogP contribution in [0.2, 0.25) is 5.02 Å². The Hall–Kier alpha value is -2.98. The van der Waals surface area contributed by atoms with Gasteiger partial charge in [-0.2, -0.15) is 0 Å². The molecule has 1 heterocycles. The van der Waals surface area contributed by atoms with E-state index in [0.29, 0.717) is 31.0 Å². The van der Waals surface area contributed by atoms with Gasteiger partial charge in [0.15, 0.2) is 0 Å². The Kier molecular flexibility index (Phi) is 6.01. The Morgan fingerprint density at radius 2 is 1.59 bits per heavy atom. The lowest BCUT2D eigenvalue weighted by Crippen LogP contribution is -2.48. The third-order valence-corrected chi connectivity index (χ3v) is 5.33. The van der Waals surface area contributed by atoms with E-state index in [1.807, 2.05) is 77.7 Å². The van der Waals surface area contributed by atoms with E-state index in [-0.39, 0.29) is 5.91 Å². The highest BCUT2D eigenvalue weighted by Crippen LogP contribution is 2.24. The first-order valence-electron chi connectivity index (χ1n) is 9.76. The maximum Gasteiger partial charge on any atom is 0.257 e. The largest absolute Gasteiger partial charge is 0.488 e. The van der Waals surface area contributed by atoms with E-state index in [4.69, 9.17) is 16.3 Å². The normalized spacial score (nSPS) is 14.0. The molecule has 0 unspecified atom stereocenters. The molecule has 1 amide bonds. The van der Waals surface area contributed by atoms with Gasteiger partial charge in [0.1, 0.15) is 12.4 Å². The number of ether oxygens (including phenoxy) is 1. The Labute approximate surface area is 176 Å². The lowest BCUT2D eigenvalue weighted by atomic mass is 10.1. The van der Waals surface area contributed by atoms with Crippen LogP contribution < -0.4 is 9.64 Å². The topological polar surface area (TPSA) is 32.8 Å². The molecule has 3 aromatic carbocycles. The molecular formula is C24H23ClN2O2. The minimum Gasteiger partial charge on any atom is -0.488 e. The van der Waals surface area contributed by atoms with Crippen molar-refractivity contribution < 1.29 is 9.53 Å². The summed E-state index contributed by atoms with van der Waals surface area (Å²) >= 11 is 6.11. The highest BCUT2D eigenvalue weighted by atomic mass is 35.5. The molecule has 148 valence electrons. The van der Waals surface area contributed by atoms with Crippen LogP contribution in [0.15, 0.2) is 78.9 Å². The molecule has 1 fully saturated rings. The minimum atomic E-state index is 0.0133. The Balaban J connectivity index is 1.41. The summed E-state index contributed by atoms with van der Waals surface area (Å²) in [6.07, 6.45) is 0. The minimum absolute atomic E-state index is 0.0133. The molecule has 1 aliphatic rings. The summed E-state index contributed by atoms with van der Waals surface area (Å²) in [5.41, 5.74) is 2.78. The number of benzene rings is 3. The second-order valence-electron chi connectivity index (χ2n) is 7.03. The Morgan fingerprint density at radius 3 is 2.34 bits per heavy atom. The van der Waals surface area contributed by atoms with Crippen molar-refractivity contribution in [3.63, 3.8) is 0 Å². The van der Waals surface area contributed by atoms with E-state index in [1.165, 1.54) is 0 Å². The van der Waals surface area contributed by atoms with Gasteiger partial charge in [-0.3, -0.25) is 4.79 Å². The standard InChI is InChI=1S/C24H23ClN2O2/c25-20-9-6-10-21(17-20)26-13-15-27(16-14-26)24(28)22-11-4-5-12-23(22)29-18-19-7-2-1-3-8-19/h1-12,17H,13-16,18H2. The van der Waals surface area contributed by atoms with E-state index in [0.717, 1.165) is 29.4 Å². The van der Waals surface area contributed by atoms with Gasteiger partial charge >= 0.3 is 0 Å². The van der Waals surface area contributed by atoms with Crippen molar-refractivity contribution in [2.45, 2.75) is 6.61 Å². The molecule has 4 rings (SSSR count). The van der Waals surface area contributed by atoms with Crippen LogP contribution >= 0.6 is 11.6 Å². The Bertz CT molecular complexity index is 969. The number of hydrogen-bond acceptors (Lipinski definition) is 3. The molecule has 0 atom stereocenters. The predicted molar refractivity (Wildman–Crippen MR) is 117 cm³/mol. The van der Waals surface area contributed by atoms with Crippen LogP contribution in [0.25, 0.3) is 0 Å². The third kappa shape index (κ3) is 4.72. The quantitative estimate of drug-likeness (QED) is 0.605. The molecule has 1 saturated heterocycles. The maximum absolute atomic E-state index is 13.1. The Morgan fingerprint density at radius 1 is 0.862 bits per heavy atom. The van der Waals surface area contributed by atoms with E-state index in [1.54, 1.807) is 0 Å². The van der Waals surface area contributed by atoms with E-state index >= 15 is 0 Å². The summed E-state index contributed by atoms with van der Waals surface area (Å²) in [6, 6.07) is 25.3. The molecule has 0 radical (unpaired) electrons. The van der Waals surface area contributed by atoms with Gasteiger partial charge in [-0.15, -0.1) is 0 Å². The van der Waals surface area contributed by atoms with Gasteiger partial charge in [0.2, 0.25) is 0 Å². The highest BCUT2D eigenvalue weighted by molar-refractivity contribution is 6.30. The number of piperazine rings is 1. The fourth-order valence-corrected chi connectivity index (χ4v) is 3.70. The summed E-state index contributed by atoms with van der Waals surface area (Å²) < 4.78 is 5.97. The van der Waals surface area contributed by atoms with Crippen molar-refractivity contribution in [2.24, 2.45) is 0 Å². The third-order valence-electron chi connectivity index (χ3n) is 5.09. The van der Waals surface area contributed by atoms with Gasteiger partial charge in [0, 0.05) is 36.9 Å². The summed E-state index contributed by atoms with van der Waals surface area (Å²) in [4.78, 5) is 17.3. The lowest BCUT2D eigenvalue weighted by molar-refractivity contribution is 0.0742. The molecule has 0 saturated carbocycles. The molecule has 0 aromatic heterocycles. The van der Waals surface area contributed by atoms with Crippen molar-refractivity contribution in [3.05, 3.63) is 95.0 Å². The molecule has 5 heteroatoms. The average molecular weight is 407 g/mol. The number of halogens is 1. The van der Waals surface area contributed by atoms with Gasteiger partial charge in [-0.05, 0) is 35.9 Å². The number of nitrogens with zero attached hydrogens (tertiary/aromatic N) is 2. The molecule has 0 spiro atoms. The van der Waals surface area contributed by atoms with Crippen LogP contribution in [-0.2, 0) is 6.61 Å². The molecule has 29 heavy (non-hydrogen) atoms. The maximum atomic E-state index is 13.1. The van der Waals surface area contributed by atoms with Crippen molar-refractivity contribution in [1.29, 1.82) is 0 Å². The van der Waals surface area contributed by atoms with Gasteiger partial charge in [-0.1, -0.05) is 60.1 Å². The second-order valence-corrected chi connectivity index (χ2v) is 7.47. The molecule has 0 aliphatic carbocycles. The van der Waals surface area contributed by atoms with Crippen LogP contribution in [-0.4, -0.2) is 37.0 Å². The molecule has 0 N–H and O–H groups in total. The van der Waals surface area contributed by atoms with Crippen molar-refractivity contribution in [3.8, 4) is 5.75 Å². The molecular weight excluding hydrogens is 384 g/mol. The van der Waals surface area contributed by atoms with Crippen molar-refractivity contribution >= 4 is 23.2 Å². The average Bonchev–Trinajstić information content (AvgIpc) is 2.78. The monoisotopic (exact) mass is 406 g/mol. The number of anilines is 1. The van der Waals surface area contributed by atoms with Gasteiger partial charge in [0.05, 0.1) is 5.56 Å². The zero-order valence-corrected chi connectivity index (χ0v) is 16.9. The summed E-state index contributed by atoms with van der Waals surface area (Å²) in [7, 11) is 0. The van der Waals surface area contributed by atoms with Crippen LogP contribution in [0.3, 0.4) is 0 Å². The first-order valence-corrected chi connectivity index (χ1v) is 10.1. The number of carbonyl (C=O) groups excluding carboxylic acids is 1. The lowest BCUT2D eigenvalue weighted by Gasteiger charge is -2.36. The second kappa shape index (κ2) is 9.01. The van der Waals surface area contributed by atoms with Crippen LogP contribution in [0, 0.1) is 0 Å². The van der Waals surface area contributed by atoms with Crippen LogP contribution in [0.5, 0.6) is 5.75 Å². The first kappa shape index (κ1) is 19.3. The van der Waals surface area contributed by atoms with E-state index in [9.17, 15) is 4.79 Å². The van der Waals surface area contributed by atoms with Crippen LogP contribution in [0.1, 0.15) is 15.9 Å². The number of para-hydroxylation sites is 1. The van der Waals surface area contributed by atoms with Crippen molar-refractivity contribution in [2.75, 3.05) is 31.1 Å². The van der Waals surface area contributed by atoms with E-state index in [2.05, 4.69) is 11.0 Å². The SMILES string of the molecule is O=C(c1ccccc1OCc1ccccc1)N1CCN(c2cccc(Cl)c2)CC1. The smallest absolute Gasteiger partial charge is 0.257 e. The first-order chi connectivity index (χ1) is 14.2. The van der Waals surface area contributed by atoms with Gasteiger partial charge in [-0.25, -0.2) is 0 Å². The number of hydrogen-bond donors (Lipinski definition) is 0. The highest BCUT2D eigenvalue weighted by Gasteiger charge is 2.24. The van der Waals surface area contributed by atoms with Gasteiger partial charge in [0.25, 0.3) is 5.91 Å². The fourth-order valence-electron chi connectivity index (χ4n) is 3.52. The fraction of sp³-hybridized carbons (Fsp3) is 0.208.